The van der Waals surface area contributed by atoms with Gasteiger partial charge in [0.15, 0.2) is 0 Å². The summed E-state index contributed by atoms with van der Waals surface area (Å²) in [5.74, 6) is -7.02. The van der Waals surface area contributed by atoms with Gasteiger partial charge in [-0.3, -0.25) is 24.0 Å². The highest BCUT2D eigenvalue weighted by atomic mass is 16.4. The molecule has 7 N–H and O–H groups in total. The molecular formula is C16H24N4O9. The van der Waals surface area contributed by atoms with E-state index in [9.17, 15) is 28.8 Å². The Kier molecular flexibility index (Phi) is 8.51. The lowest BCUT2D eigenvalue weighted by atomic mass is 10.1. The van der Waals surface area contributed by atoms with Crippen molar-refractivity contribution in [1.29, 1.82) is 0 Å². The molecule has 29 heavy (non-hydrogen) atoms. The number of likely N-dealkylation sites (tertiary alicyclic amines) is 1. The molecule has 162 valence electrons. The van der Waals surface area contributed by atoms with Crippen LogP contribution in [0.15, 0.2) is 0 Å². The molecule has 0 aromatic heterocycles. The van der Waals surface area contributed by atoms with Crippen LogP contribution >= 0.6 is 0 Å². The highest BCUT2D eigenvalue weighted by Gasteiger charge is 2.37. The van der Waals surface area contributed by atoms with Crippen LogP contribution in [0.1, 0.15) is 32.6 Å². The molecule has 4 atom stereocenters. The van der Waals surface area contributed by atoms with E-state index in [0.717, 1.165) is 0 Å². The molecule has 0 aromatic rings. The summed E-state index contributed by atoms with van der Waals surface area (Å²) >= 11 is 0. The minimum atomic E-state index is -1.81. The van der Waals surface area contributed by atoms with Crippen molar-refractivity contribution >= 4 is 35.6 Å². The first-order valence-electron chi connectivity index (χ1n) is 8.77. The standard InChI is InChI=1S/C16H24N4O9/c1-7(17)15(27)20-4-2-3-10(20)14(26)18-8(5-11(21)22)13(25)19-9(16(28)29)6-12(23)24/h7-10H,2-6,17H2,1H3,(H,18,26)(H,19,25)(H,21,22)(H,23,24)(H,28,29). The Morgan fingerprint density at radius 1 is 1.00 bits per heavy atom. The highest BCUT2D eigenvalue weighted by Crippen LogP contribution is 2.18. The summed E-state index contributed by atoms with van der Waals surface area (Å²) in [4.78, 5) is 71.1. The number of nitrogens with two attached hydrogens (primary N) is 1. The van der Waals surface area contributed by atoms with Gasteiger partial charge >= 0.3 is 17.9 Å². The summed E-state index contributed by atoms with van der Waals surface area (Å²) in [7, 11) is 0. The Bertz CT molecular complexity index is 694. The normalized spacial score (nSPS) is 19.0. The van der Waals surface area contributed by atoms with E-state index in [-0.39, 0.29) is 13.0 Å². The number of amides is 3. The van der Waals surface area contributed by atoms with Gasteiger partial charge in [-0.25, -0.2) is 4.79 Å². The predicted molar refractivity (Wildman–Crippen MR) is 94.4 cm³/mol. The minimum Gasteiger partial charge on any atom is -0.481 e. The molecule has 13 heteroatoms. The first-order chi connectivity index (χ1) is 13.4. The van der Waals surface area contributed by atoms with E-state index in [2.05, 4.69) is 5.32 Å². The maximum atomic E-state index is 12.5. The second-order valence-electron chi connectivity index (χ2n) is 6.63. The van der Waals surface area contributed by atoms with Gasteiger partial charge in [-0.1, -0.05) is 0 Å². The Hall–Kier alpha value is -3.22. The van der Waals surface area contributed by atoms with Gasteiger partial charge in [-0.2, -0.15) is 0 Å². The van der Waals surface area contributed by atoms with Crippen molar-refractivity contribution in [3.05, 3.63) is 0 Å². The lowest BCUT2D eigenvalue weighted by molar-refractivity contribution is -0.148. The zero-order valence-corrected chi connectivity index (χ0v) is 15.7. The number of nitrogens with one attached hydrogen (secondary N) is 2. The number of rotatable bonds is 10. The maximum absolute atomic E-state index is 12.5. The largest absolute Gasteiger partial charge is 0.481 e. The molecule has 0 spiro atoms. The molecule has 0 saturated carbocycles. The SMILES string of the molecule is CC(N)C(=O)N1CCCC1C(=O)NC(CC(=O)O)C(=O)NC(CC(=O)O)C(=O)O. The molecule has 1 aliphatic rings. The Balaban J connectivity index is 2.92. The smallest absolute Gasteiger partial charge is 0.326 e. The molecule has 0 radical (unpaired) electrons. The lowest BCUT2D eigenvalue weighted by Crippen LogP contribution is -2.57. The third-order valence-electron chi connectivity index (χ3n) is 4.23. The van der Waals surface area contributed by atoms with Gasteiger partial charge < -0.3 is 36.6 Å². The second kappa shape index (κ2) is 10.4. The molecule has 0 aliphatic carbocycles. The van der Waals surface area contributed by atoms with Gasteiger partial charge in [0.2, 0.25) is 17.7 Å². The van der Waals surface area contributed by atoms with E-state index in [1.54, 1.807) is 0 Å². The molecule has 3 amide bonds. The third kappa shape index (κ3) is 7.03. The first-order valence-corrected chi connectivity index (χ1v) is 8.77. The van der Waals surface area contributed by atoms with E-state index in [1.807, 2.05) is 5.32 Å². The van der Waals surface area contributed by atoms with Crippen molar-refractivity contribution in [3.8, 4) is 0 Å². The fourth-order valence-electron chi connectivity index (χ4n) is 2.86. The molecule has 1 saturated heterocycles. The van der Waals surface area contributed by atoms with Gasteiger partial charge in [0.05, 0.1) is 18.9 Å². The fraction of sp³-hybridized carbons (Fsp3) is 0.625. The van der Waals surface area contributed by atoms with Crippen LogP contribution in [0.4, 0.5) is 0 Å². The zero-order valence-electron chi connectivity index (χ0n) is 15.7. The maximum Gasteiger partial charge on any atom is 0.326 e. The van der Waals surface area contributed by atoms with Gasteiger partial charge in [0.25, 0.3) is 0 Å². The molecule has 1 aliphatic heterocycles. The predicted octanol–water partition coefficient (Wildman–Crippen LogP) is -2.67. The van der Waals surface area contributed by atoms with Crippen LogP contribution < -0.4 is 16.4 Å². The van der Waals surface area contributed by atoms with E-state index in [0.29, 0.717) is 6.42 Å². The van der Waals surface area contributed by atoms with Crippen molar-refractivity contribution in [2.75, 3.05) is 6.54 Å². The van der Waals surface area contributed by atoms with Gasteiger partial charge in [-0.05, 0) is 19.8 Å². The summed E-state index contributed by atoms with van der Waals surface area (Å²) in [5.41, 5.74) is 5.55. The molecule has 13 nitrogen and oxygen atoms in total. The summed E-state index contributed by atoms with van der Waals surface area (Å²) in [6.45, 7) is 1.72. The van der Waals surface area contributed by atoms with Crippen LogP contribution in [0.2, 0.25) is 0 Å². The quantitative estimate of drug-likeness (QED) is 0.217. The molecule has 1 rings (SSSR count). The van der Waals surface area contributed by atoms with Crippen molar-refractivity contribution in [1.82, 2.24) is 15.5 Å². The molecule has 0 bridgehead atoms. The van der Waals surface area contributed by atoms with E-state index >= 15 is 0 Å². The van der Waals surface area contributed by atoms with Crippen molar-refractivity contribution < 1.29 is 44.1 Å². The number of carbonyl (C=O) groups is 6. The van der Waals surface area contributed by atoms with Crippen LogP contribution in [-0.4, -0.2) is 86.6 Å². The zero-order chi connectivity index (χ0) is 22.3. The van der Waals surface area contributed by atoms with E-state index in [1.165, 1.54) is 11.8 Å². The molecule has 4 unspecified atom stereocenters. The number of hydrogen-bond acceptors (Lipinski definition) is 7. The summed E-state index contributed by atoms with van der Waals surface area (Å²) in [6, 6.07) is -5.28. The summed E-state index contributed by atoms with van der Waals surface area (Å²) < 4.78 is 0. The van der Waals surface area contributed by atoms with Gasteiger partial charge in [0, 0.05) is 6.54 Å². The van der Waals surface area contributed by atoms with Crippen molar-refractivity contribution in [3.63, 3.8) is 0 Å². The van der Waals surface area contributed by atoms with Crippen LogP contribution in [0, 0.1) is 0 Å². The van der Waals surface area contributed by atoms with Crippen molar-refractivity contribution in [2.45, 2.75) is 56.8 Å². The molecule has 0 aromatic carbocycles. The number of carboxylic acids is 3. The Morgan fingerprint density at radius 2 is 1.55 bits per heavy atom. The fourth-order valence-corrected chi connectivity index (χ4v) is 2.86. The van der Waals surface area contributed by atoms with Crippen LogP contribution in [0.3, 0.4) is 0 Å². The van der Waals surface area contributed by atoms with Crippen molar-refractivity contribution in [2.24, 2.45) is 5.73 Å². The Morgan fingerprint density at radius 3 is 2.03 bits per heavy atom. The topological polar surface area (TPSA) is 216 Å². The number of hydrogen-bond donors (Lipinski definition) is 6. The average Bonchev–Trinajstić information content (AvgIpc) is 3.08. The van der Waals surface area contributed by atoms with Gasteiger partial charge in [0.1, 0.15) is 18.1 Å². The highest BCUT2D eigenvalue weighted by molar-refractivity contribution is 5.96. The van der Waals surface area contributed by atoms with Crippen LogP contribution in [-0.2, 0) is 28.8 Å². The molecular weight excluding hydrogens is 392 g/mol. The monoisotopic (exact) mass is 416 g/mol. The molecule has 1 fully saturated rings. The third-order valence-corrected chi connectivity index (χ3v) is 4.23. The first kappa shape index (κ1) is 23.8. The van der Waals surface area contributed by atoms with E-state index in [4.69, 9.17) is 21.1 Å². The molecule has 1 heterocycles. The number of nitrogens with zero attached hydrogens (tertiary/aromatic N) is 1. The van der Waals surface area contributed by atoms with Crippen LogP contribution in [0.5, 0.6) is 0 Å². The minimum absolute atomic E-state index is 0.272. The number of carboxylic acid groups (broad SMARTS) is 3. The summed E-state index contributed by atoms with van der Waals surface area (Å²) in [5, 5.41) is 30.8. The Labute approximate surface area is 165 Å². The van der Waals surface area contributed by atoms with Crippen LogP contribution in [0.25, 0.3) is 0 Å². The van der Waals surface area contributed by atoms with Gasteiger partial charge in [-0.15, -0.1) is 0 Å². The summed E-state index contributed by atoms with van der Waals surface area (Å²) in [6.07, 6.45) is -1.02. The number of aliphatic carboxylic acids is 3. The lowest BCUT2D eigenvalue weighted by Gasteiger charge is -2.27. The average molecular weight is 416 g/mol. The second-order valence-corrected chi connectivity index (χ2v) is 6.63. The van der Waals surface area contributed by atoms with E-state index < -0.39 is 72.6 Å². The number of carbonyl (C=O) groups excluding carboxylic acids is 3.